The number of aliphatic imine (C=N–C) groups is 1. The zero-order valence-corrected chi connectivity index (χ0v) is 14.7. The van der Waals surface area contributed by atoms with E-state index in [4.69, 9.17) is 4.99 Å². The van der Waals surface area contributed by atoms with Gasteiger partial charge >= 0.3 is 0 Å². The number of aromatic nitrogens is 1. The average Bonchev–Trinajstić information content (AvgIpc) is 2.98. The number of nitrogens with one attached hydrogen (secondary N) is 1. The lowest BCUT2D eigenvalue weighted by Crippen LogP contribution is -2.04. The fraction of sp³-hybridized carbons (Fsp3) is 0.286. The Kier molecular flexibility index (Phi) is 4.52. The summed E-state index contributed by atoms with van der Waals surface area (Å²) in [7, 11) is 0. The molecule has 0 aliphatic carbocycles. The number of nitrogens with zero attached hydrogens (tertiary/aromatic N) is 1. The summed E-state index contributed by atoms with van der Waals surface area (Å²) in [6, 6.07) is 11.2. The molecule has 3 heteroatoms. The largest absolute Gasteiger partial charge is 0.360 e. The average molecular weight is 322 g/mol. The van der Waals surface area contributed by atoms with Gasteiger partial charge in [-0.3, -0.25) is 4.99 Å². The predicted molar refractivity (Wildman–Crippen MR) is 101 cm³/mol. The number of hydrogen-bond donors (Lipinski definition) is 1. The van der Waals surface area contributed by atoms with Crippen LogP contribution in [-0.4, -0.2) is 10.7 Å². The Bertz CT molecular complexity index is 905. The van der Waals surface area contributed by atoms with Crippen molar-refractivity contribution in [3.05, 3.63) is 54.0 Å². The van der Waals surface area contributed by atoms with Gasteiger partial charge in [0.2, 0.25) is 0 Å². The molecule has 0 aliphatic rings. The van der Waals surface area contributed by atoms with Crippen molar-refractivity contribution in [1.29, 1.82) is 0 Å². The fourth-order valence-corrected chi connectivity index (χ4v) is 2.88. The summed E-state index contributed by atoms with van der Waals surface area (Å²) in [4.78, 5) is 7.93. The maximum absolute atomic E-state index is 13.3. The van der Waals surface area contributed by atoms with Crippen LogP contribution in [0.15, 0.2) is 47.6 Å². The molecule has 0 saturated carbocycles. The molecule has 1 unspecified atom stereocenters. The van der Waals surface area contributed by atoms with Crippen molar-refractivity contribution in [2.75, 3.05) is 0 Å². The van der Waals surface area contributed by atoms with E-state index < -0.39 is 0 Å². The van der Waals surface area contributed by atoms with Gasteiger partial charge in [-0.15, -0.1) is 0 Å². The summed E-state index contributed by atoms with van der Waals surface area (Å²) in [5, 5.41) is 1.03. The summed E-state index contributed by atoms with van der Waals surface area (Å²) < 4.78 is 13.3. The number of fused-ring (bicyclic) bond motifs is 1. The Hall–Kier alpha value is -2.42. The van der Waals surface area contributed by atoms with Crippen LogP contribution in [0, 0.1) is 18.7 Å². The molecule has 1 N–H and O–H groups in total. The molecule has 0 radical (unpaired) electrons. The number of rotatable bonds is 4. The van der Waals surface area contributed by atoms with Crippen molar-refractivity contribution in [1.82, 2.24) is 4.98 Å². The van der Waals surface area contributed by atoms with Crippen LogP contribution in [0.5, 0.6) is 0 Å². The number of benzene rings is 2. The van der Waals surface area contributed by atoms with Gasteiger partial charge in [0.15, 0.2) is 0 Å². The van der Waals surface area contributed by atoms with E-state index in [1.165, 1.54) is 12.1 Å². The third kappa shape index (κ3) is 3.12. The first-order valence-electron chi connectivity index (χ1n) is 8.42. The second kappa shape index (κ2) is 6.60. The molecule has 0 aliphatic heterocycles. The van der Waals surface area contributed by atoms with E-state index in [-0.39, 0.29) is 5.82 Å². The molecule has 0 spiro atoms. The summed E-state index contributed by atoms with van der Waals surface area (Å²) >= 11 is 0. The minimum absolute atomic E-state index is 0.225. The van der Waals surface area contributed by atoms with Crippen molar-refractivity contribution < 1.29 is 4.39 Å². The number of hydrogen-bond acceptors (Lipinski definition) is 1. The van der Waals surface area contributed by atoms with Gasteiger partial charge < -0.3 is 4.98 Å². The third-order valence-corrected chi connectivity index (χ3v) is 4.77. The van der Waals surface area contributed by atoms with E-state index in [9.17, 15) is 4.39 Å². The van der Waals surface area contributed by atoms with E-state index in [1.54, 1.807) is 0 Å². The molecule has 3 aromatic rings. The second-order valence-corrected chi connectivity index (χ2v) is 6.46. The van der Waals surface area contributed by atoms with E-state index in [1.807, 2.05) is 12.3 Å². The molecule has 1 heterocycles. The minimum atomic E-state index is -0.225. The summed E-state index contributed by atoms with van der Waals surface area (Å²) in [6.45, 7) is 8.56. The first-order chi connectivity index (χ1) is 11.5. The van der Waals surface area contributed by atoms with Crippen LogP contribution in [0.25, 0.3) is 22.0 Å². The Morgan fingerprint density at radius 1 is 1.21 bits per heavy atom. The third-order valence-electron chi connectivity index (χ3n) is 4.77. The number of halogens is 1. The van der Waals surface area contributed by atoms with Gasteiger partial charge in [-0.2, -0.15) is 0 Å². The highest BCUT2D eigenvalue weighted by Gasteiger charge is 2.09. The quantitative estimate of drug-likeness (QED) is 0.537. The number of aryl methyl sites for hydroxylation is 1. The maximum atomic E-state index is 13.3. The van der Waals surface area contributed by atoms with Crippen molar-refractivity contribution in [3.63, 3.8) is 0 Å². The minimum Gasteiger partial charge on any atom is -0.360 e. The summed E-state index contributed by atoms with van der Waals surface area (Å²) in [5.41, 5.74) is 6.34. The van der Waals surface area contributed by atoms with Gasteiger partial charge in [-0.1, -0.05) is 19.9 Å². The fourth-order valence-electron chi connectivity index (χ4n) is 2.88. The zero-order chi connectivity index (χ0) is 17.3. The Morgan fingerprint density at radius 2 is 2.00 bits per heavy atom. The SMILES string of the molecule is CCC(C)C(C)=Nc1ccc(-c2c[nH]c3cc(F)ccc23)cc1C. The summed E-state index contributed by atoms with van der Waals surface area (Å²) in [6.07, 6.45) is 3.03. The molecule has 1 aromatic heterocycles. The van der Waals surface area contributed by atoms with Crippen LogP contribution < -0.4 is 0 Å². The highest BCUT2D eigenvalue weighted by molar-refractivity contribution is 5.96. The molecular weight excluding hydrogens is 299 g/mol. The highest BCUT2D eigenvalue weighted by Crippen LogP contribution is 2.32. The smallest absolute Gasteiger partial charge is 0.125 e. The molecule has 0 amide bonds. The molecule has 2 nitrogen and oxygen atoms in total. The molecule has 124 valence electrons. The zero-order valence-electron chi connectivity index (χ0n) is 14.7. The molecule has 0 saturated heterocycles. The van der Waals surface area contributed by atoms with Crippen molar-refractivity contribution in [3.8, 4) is 11.1 Å². The van der Waals surface area contributed by atoms with Gasteiger partial charge in [0.25, 0.3) is 0 Å². The topological polar surface area (TPSA) is 28.1 Å². The molecule has 3 rings (SSSR count). The standard InChI is InChI=1S/C21H23FN2/c1-5-13(2)15(4)24-20-9-6-16(10-14(20)3)19-12-23-21-11-17(22)7-8-18(19)21/h6-13,23H,5H2,1-4H3. The number of H-pyrrole nitrogens is 1. The Balaban J connectivity index is 2.00. The predicted octanol–water partition coefficient (Wildman–Crippen LogP) is 6.42. The lowest BCUT2D eigenvalue weighted by Gasteiger charge is -2.10. The van der Waals surface area contributed by atoms with Crippen molar-refractivity contribution in [2.24, 2.45) is 10.9 Å². The second-order valence-electron chi connectivity index (χ2n) is 6.46. The molecule has 0 bridgehead atoms. The maximum Gasteiger partial charge on any atom is 0.125 e. The van der Waals surface area contributed by atoms with E-state index in [0.29, 0.717) is 5.92 Å². The highest BCUT2D eigenvalue weighted by atomic mass is 19.1. The van der Waals surface area contributed by atoms with Crippen LogP contribution in [0.1, 0.15) is 32.8 Å². The van der Waals surface area contributed by atoms with Crippen molar-refractivity contribution >= 4 is 22.3 Å². The first kappa shape index (κ1) is 16.4. The molecule has 1 atom stereocenters. The molecule has 24 heavy (non-hydrogen) atoms. The summed E-state index contributed by atoms with van der Waals surface area (Å²) in [5.74, 6) is 0.268. The molecule has 0 fully saturated rings. The van der Waals surface area contributed by atoms with Crippen LogP contribution >= 0.6 is 0 Å². The van der Waals surface area contributed by atoms with Crippen LogP contribution in [0.3, 0.4) is 0 Å². The van der Waals surface area contributed by atoms with E-state index in [2.05, 4.69) is 50.9 Å². The van der Waals surface area contributed by atoms with Crippen molar-refractivity contribution in [2.45, 2.75) is 34.1 Å². The van der Waals surface area contributed by atoms with Gasteiger partial charge in [0, 0.05) is 28.4 Å². The normalized spacial score (nSPS) is 13.5. The lowest BCUT2D eigenvalue weighted by atomic mass is 10.0. The van der Waals surface area contributed by atoms with Gasteiger partial charge in [0.05, 0.1) is 5.69 Å². The van der Waals surface area contributed by atoms with Crippen LogP contribution in [0.2, 0.25) is 0 Å². The molecular formula is C21H23FN2. The van der Waals surface area contributed by atoms with E-state index >= 15 is 0 Å². The van der Waals surface area contributed by atoms with Crippen LogP contribution in [-0.2, 0) is 0 Å². The first-order valence-corrected chi connectivity index (χ1v) is 8.42. The van der Waals surface area contributed by atoms with E-state index in [0.717, 1.165) is 45.4 Å². The van der Waals surface area contributed by atoms with Gasteiger partial charge in [-0.25, -0.2) is 4.39 Å². The molecule has 2 aromatic carbocycles. The van der Waals surface area contributed by atoms with Gasteiger partial charge in [-0.05, 0) is 67.6 Å². The van der Waals surface area contributed by atoms with Crippen LogP contribution in [0.4, 0.5) is 10.1 Å². The Morgan fingerprint density at radius 3 is 2.71 bits per heavy atom. The Labute approximate surface area is 142 Å². The number of aromatic amines is 1. The monoisotopic (exact) mass is 322 g/mol. The lowest BCUT2D eigenvalue weighted by molar-refractivity contribution is 0.629. The van der Waals surface area contributed by atoms with Gasteiger partial charge in [0.1, 0.15) is 5.82 Å².